The van der Waals surface area contributed by atoms with Crippen molar-refractivity contribution in [2.24, 2.45) is 5.92 Å². The van der Waals surface area contributed by atoms with Crippen LogP contribution in [0.2, 0.25) is 5.02 Å². The third-order valence-corrected chi connectivity index (χ3v) is 2.81. The van der Waals surface area contributed by atoms with Crippen LogP contribution < -0.4 is 0 Å². The molecule has 6 heteroatoms. The lowest BCUT2D eigenvalue weighted by Crippen LogP contribution is -2.30. The lowest BCUT2D eigenvalue weighted by atomic mass is 9.99. The summed E-state index contributed by atoms with van der Waals surface area (Å²) in [5, 5.41) is 0.327. The maximum atomic E-state index is 13.7. The fourth-order valence-electron chi connectivity index (χ4n) is 1.67. The summed E-state index contributed by atoms with van der Waals surface area (Å²) in [6.07, 6.45) is -0.149. The van der Waals surface area contributed by atoms with Crippen LogP contribution in [0.15, 0.2) is 18.2 Å². The normalized spacial score (nSPS) is 10.4. The smallest absolute Gasteiger partial charge is 0.320 e. The molecule has 0 spiro atoms. The van der Waals surface area contributed by atoms with E-state index in [0.29, 0.717) is 5.02 Å². The number of carbonyl (C=O) groups is 2. The quantitative estimate of drug-likeness (QED) is 0.599. The molecule has 20 heavy (non-hydrogen) atoms. The van der Waals surface area contributed by atoms with Crippen LogP contribution in [0.1, 0.15) is 19.4 Å². The molecular formula is C14H16ClFO4. The number of carbonyl (C=O) groups excluding carboxylic acids is 2. The summed E-state index contributed by atoms with van der Waals surface area (Å²) in [7, 11) is 0. The van der Waals surface area contributed by atoms with Crippen LogP contribution in [0.5, 0.6) is 0 Å². The highest BCUT2D eigenvalue weighted by molar-refractivity contribution is 6.30. The molecule has 0 aromatic heterocycles. The standard InChI is InChI=1S/C14H16ClFO4/c1-3-19-13(17)11(14(18)20-4-2)8-9-7-10(15)5-6-12(9)16/h5-7,11H,3-4,8H2,1-2H3. The topological polar surface area (TPSA) is 52.6 Å². The number of halogens is 2. The summed E-state index contributed by atoms with van der Waals surface area (Å²) in [6, 6.07) is 3.96. The van der Waals surface area contributed by atoms with Crippen molar-refractivity contribution in [3.05, 3.63) is 34.6 Å². The van der Waals surface area contributed by atoms with Crippen LogP contribution in [-0.2, 0) is 25.5 Å². The van der Waals surface area contributed by atoms with Gasteiger partial charge in [0.2, 0.25) is 0 Å². The molecule has 0 N–H and O–H groups in total. The Labute approximate surface area is 121 Å². The molecule has 0 unspecified atom stereocenters. The second-order valence-electron chi connectivity index (χ2n) is 4.00. The zero-order valence-corrected chi connectivity index (χ0v) is 12.1. The molecule has 0 radical (unpaired) electrons. The van der Waals surface area contributed by atoms with Crippen LogP contribution in [0.25, 0.3) is 0 Å². The molecule has 4 nitrogen and oxygen atoms in total. The van der Waals surface area contributed by atoms with Crippen LogP contribution in [0, 0.1) is 11.7 Å². The Morgan fingerprint density at radius 2 is 1.75 bits per heavy atom. The Morgan fingerprint density at radius 1 is 1.20 bits per heavy atom. The number of benzene rings is 1. The molecule has 0 amide bonds. The van der Waals surface area contributed by atoms with Gasteiger partial charge in [-0.15, -0.1) is 0 Å². The summed E-state index contributed by atoms with van der Waals surface area (Å²) >= 11 is 5.78. The Balaban J connectivity index is 2.96. The maximum absolute atomic E-state index is 13.7. The van der Waals surface area contributed by atoms with Gasteiger partial charge in [0.15, 0.2) is 5.92 Å². The molecular weight excluding hydrogens is 287 g/mol. The van der Waals surface area contributed by atoms with E-state index in [0.717, 1.165) is 0 Å². The fraction of sp³-hybridized carbons (Fsp3) is 0.429. The molecule has 1 aromatic rings. The summed E-state index contributed by atoms with van der Waals surface area (Å²) in [5.41, 5.74) is 0.170. The largest absolute Gasteiger partial charge is 0.465 e. The van der Waals surface area contributed by atoms with Crippen molar-refractivity contribution in [2.45, 2.75) is 20.3 Å². The number of hydrogen-bond acceptors (Lipinski definition) is 4. The fourth-order valence-corrected chi connectivity index (χ4v) is 1.86. The highest BCUT2D eigenvalue weighted by atomic mass is 35.5. The SMILES string of the molecule is CCOC(=O)C(Cc1cc(Cl)ccc1F)C(=O)OCC. The zero-order valence-electron chi connectivity index (χ0n) is 11.3. The van der Waals surface area contributed by atoms with E-state index in [2.05, 4.69) is 0 Å². The minimum Gasteiger partial charge on any atom is -0.465 e. The zero-order chi connectivity index (χ0) is 15.1. The van der Waals surface area contributed by atoms with Crippen molar-refractivity contribution < 1.29 is 23.5 Å². The Hall–Kier alpha value is -1.62. The van der Waals surface area contributed by atoms with E-state index in [1.165, 1.54) is 18.2 Å². The van der Waals surface area contributed by atoms with Crippen molar-refractivity contribution >= 4 is 23.5 Å². The Bertz CT molecular complexity index is 472. The van der Waals surface area contributed by atoms with Crippen LogP contribution >= 0.6 is 11.6 Å². The van der Waals surface area contributed by atoms with Crippen molar-refractivity contribution in [3.63, 3.8) is 0 Å². The second kappa shape index (κ2) is 7.85. The van der Waals surface area contributed by atoms with Gasteiger partial charge >= 0.3 is 11.9 Å². The van der Waals surface area contributed by atoms with Gasteiger partial charge < -0.3 is 9.47 Å². The molecule has 0 heterocycles. The predicted octanol–water partition coefficient (Wildman–Crippen LogP) is 2.76. The first-order valence-corrected chi connectivity index (χ1v) is 6.64. The molecule has 0 bridgehead atoms. The molecule has 0 aliphatic heterocycles. The molecule has 1 rings (SSSR count). The summed E-state index contributed by atoms with van der Waals surface area (Å²) in [4.78, 5) is 23.6. The number of ether oxygens (including phenoxy) is 2. The predicted molar refractivity (Wildman–Crippen MR) is 71.9 cm³/mol. The van der Waals surface area contributed by atoms with E-state index in [-0.39, 0.29) is 25.2 Å². The van der Waals surface area contributed by atoms with E-state index in [1.807, 2.05) is 0 Å². The lowest BCUT2D eigenvalue weighted by Gasteiger charge is -2.14. The van der Waals surface area contributed by atoms with Crippen LogP contribution in [0.4, 0.5) is 4.39 Å². The van der Waals surface area contributed by atoms with Gasteiger partial charge in [-0.3, -0.25) is 9.59 Å². The first-order valence-electron chi connectivity index (χ1n) is 6.26. The van der Waals surface area contributed by atoms with Crippen LogP contribution in [-0.4, -0.2) is 25.2 Å². The average Bonchev–Trinajstić information content (AvgIpc) is 2.40. The van der Waals surface area contributed by atoms with E-state index in [1.54, 1.807) is 13.8 Å². The van der Waals surface area contributed by atoms with E-state index in [9.17, 15) is 14.0 Å². The number of rotatable bonds is 6. The lowest BCUT2D eigenvalue weighted by molar-refractivity contribution is -0.161. The molecule has 1 aromatic carbocycles. The summed E-state index contributed by atoms with van der Waals surface area (Å²) < 4.78 is 23.3. The van der Waals surface area contributed by atoms with E-state index >= 15 is 0 Å². The number of hydrogen-bond donors (Lipinski definition) is 0. The molecule has 110 valence electrons. The van der Waals surface area contributed by atoms with Gasteiger partial charge in [-0.05, 0) is 44.0 Å². The molecule has 0 atom stereocenters. The van der Waals surface area contributed by atoms with Gasteiger partial charge in [0.05, 0.1) is 13.2 Å². The van der Waals surface area contributed by atoms with Gasteiger partial charge in [-0.2, -0.15) is 0 Å². The van der Waals surface area contributed by atoms with Gasteiger partial charge in [-0.1, -0.05) is 11.6 Å². The minimum absolute atomic E-state index is 0.132. The van der Waals surface area contributed by atoms with E-state index < -0.39 is 23.7 Å². The van der Waals surface area contributed by atoms with E-state index in [4.69, 9.17) is 21.1 Å². The van der Waals surface area contributed by atoms with Gasteiger partial charge in [0.1, 0.15) is 5.82 Å². The first-order chi connectivity index (χ1) is 9.49. The highest BCUT2D eigenvalue weighted by Gasteiger charge is 2.30. The summed E-state index contributed by atoms with van der Waals surface area (Å²) in [5.74, 6) is -3.19. The third-order valence-electron chi connectivity index (χ3n) is 2.57. The molecule has 0 fully saturated rings. The molecule has 0 saturated heterocycles. The monoisotopic (exact) mass is 302 g/mol. The van der Waals surface area contributed by atoms with Crippen LogP contribution in [0.3, 0.4) is 0 Å². The summed E-state index contributed by atoms with van der Waals surface area (Å²) in [6.45, 7) is 3.51. The van der Waals surface area contributed by atoms with Crippen molar-refractivity contribution in [1.82, 2.24) is 0 Å². The van der Waals surface area contributed by atoms with Gasteiger partial charge in [0, 0.05) is 5.02 Å². The molecule has 0 saturated carbocycles. The van der Waals surface area contributed by atoms with Gasteiger partial charge in [-0.25, -0.2) is 4.39 Å². The minimum atomic E-state index is -1.19. The maximum Gasteiger partial charge on any atom is 0.320 e. The third kappa shape index (κ3) is 4.49. The average molecular weight is 303 g/mol. The van der Waals surface area contributed by atoms with Crippen molar-refractivity contribution in [2.75, 3.05) is 13.2 Å². The van der Waals surface area contributed by atoms with Crippen molar-refractivity contribution in [3.8, 4) is 0 Å². The Morgan fingerprint density at radius 3 is 2.25 bits per heavy atom. The Kier molecular flexibility index (Phi) is 6.45. The molecule has 0 aliphatic rings. The number of esters is 2. The highest BCUT2D eigenvalue weighted by Crippen LogP contribution is 2.20. The van der Waals surface area contributed by atoms with Gasteiger partial charge in [0.25, 0.3) is 0 Å². The first kappa shape index (κ1) is 16.4. The molecule has 0 aliphatic carbocycles. The second-order valence-corrected chi connectivity index (χ2v) is 4.43. The van der Waals surface area contributed by atoms with Crippen molar-refractivity contribution in [1.29, 1.82) is 0 Å².